The van der Waals surface area contributed by atoms with Crippen molar-refractivity contribution in [1.82, 2.24) is 5.32 Å². The molecule has 0 spiro atoms. The molecular formula is C12H21NOS. The maximum atomic E-state index is 5.16. The molecule has 0 aliphatic carbocycles. The highest BCUT2D eigenvalue weighted by Crippen LogP contribution is 2.23. The molecule has 2 nitrogen and oxygen atoms in total. The maximum Gasteiger partial charge on any atom is 0.173 e. The Morgan fingerprint density at radius 2 is 2.13 bits per heavy atom. The summed E-state index contributed by atoms with van der Waals surface area (Å²) in [7, 11) is 1.71. The van der Waals surface area contributed by atoms with Crippen LogP contribution in [0, 0.1) is 5.92 Å². The van der Waals surface area contributed by atoms with Crippen LogP contribution in [-0.4, -0.2) is 13.2 Å². The lowest BCUT2D eigenvalue weighted by molar-refractivity contribution is 0.390. The molecule has 86 valence electrons. The number of rotatable bonds is 6. The Morgan fingerprint density at radius 1 is 1.40 bits per heavy atom. The summed E-state index contributed by atoms with van der Waals surface area (Å²) in [6.45, 7) is 7.71. The summed E-state index contributed by atoms with van der Waals surface area (Å²) in [6.07, 6.45) is 1.22. The van der Waals surface area contributed by atoms with Gasteiger partial charge in [-0.2, -0.15) is 0 Å². The fraction of sp³-hybridized carbons (Fsp3) is 0.667. The quantitative estimate of drug-likeness (QED) is 0.805. The van der Waals surface area contributed by atoms with E-state index in [1.807, 2.05) is 6.07 Å². The van der Waals surface area contributed by atoms with E-state index < -0.39 is 0 Å². The Labute approximate surface area is 96.7 Å². The van der Waals surface area contributed by atoms with E-state index in [2.05, 4.69) is 32.2 Å². The lowest BCUT2D eigenvalue weighted by Crippen LogP contribution is -2.30. The molecule has 0 bridgehead atoms. The van der Waals surface area contributed by atoms with Crippen molar-refractivity contribution in [2.75, 3.05) is 7.11 Å². The fourth-order valence-corrected chi connectivity index (χ4v) is 2.15. The van der Waals surface area contributed by atoms with Gasteiger partial charge in [0.2, 0.25) is 0 Å². The van der Waals surface area contributed by atoms with E-state index in [0.717, 1.165) is 17.5 Å². The topological polar surface area (TPSA) is 21.3 Å². The van der Waals surface area contributed by atoms with Gasteiger partial charge in [0.05, 0.1) is 7.11 Å². The molecule has 1 aromatic rings. The Hall–Kier alpha value is -0.540. The average molecular weight is 227 g/mol. The van der Waals surface area contributed by atoms with Gasteiger partial charge in [-0.05, 0) is 25.0 Å². The SMILES string of the molecule is CCC(C)C(C)NCc1ccc(OC)s1. The van der Waals surface area contributed by atoms with E-state index >= 15 is 0 Å². The first kappa shape index (κ1) is 12.5. The van der Waals surface area contributed by atoms with Crippen molar-refractivity contribution < 1.29 is 4.74 Å². The third-order valence-electron chi connectivity index (χ3n) is 2.93. The molecule has 1 heterocycles. The third kappa shape index (κ3) is 3.84. The van der Waals surface area contributed by atoms with Crippen LogP contribution < -0.4 is 10.1 Å². The van der Waals surface area contributed by atoms with Gasteiger partial charge in [0.25, 0.3) is 0 Å². The van der Waals surface area contributed by atoms with Gasteiger partial charge in [-0.15, -0.1) is 11.3 Å². The fourth-order valence-electron chi connectivity index (χ4n) is 1.38. The van der Waals surface area contributed by atoms with Gasteiger partial charge in [0, 0.05) is 17.5 Å². The molecule has 3 heteroatoms. The van der Waals surface area contributed by atoms with E-state index in [1.165, 1.54) is 11.3 Å². The van der Waals surface area contributed by atoms with Crippen molar-refractivity contribution >= 4 is 11.3 Å². The van der Waals surface area contributed by atoms with Crippen LogP contribution in [-0.2, 0) is 6.54 Å². The molecule has 1 N–H and O–H groups in total. The molecule has 0 saturated carbocycles. The van der Waals surface area contributed by atoms with Gasteiger partial charge < -0.3 is 10.1 Å². The number of hydrogen-bond acceptors (Lipinski definition) is 3. The van der Waals surface area contributed by atoms with Crippen LogP contribution >= 0.6 is 11.3 Å². The second-order valence-corrected chi connectivity index (χ2v) is 5.11. The molecule has 1 aromatic heterocycles. The van der Waals surface area contributed by atoms with Crippen LogP contribution in [0.4, 0.5) is 0 Å². The van der Waals surface area contributed by atoms with Gasteiger partial charge in [-0.25, -0.2) is 0 Å². The van der Waals surface area contributed by atoms with Gasteiger partial charge in [-0.3, -0.25) is 0 Å². The predicted octanol–water partition coefficient (Wildman–Crippen LogP) is 3.28. The van der Waals surface area contributed by atoms with E-state index in [0.29, 0.717) is 6.04 Å². The normalized spacial score (nSPS) is 14.9. The van der Waals surface area contributed by atoms with Crippen LogP contribution in [0.5, 0.6) is 5.06 Å². The Morgan fingerprint density at radius 3 is 2.67 bits per heavy atom. The zero-order valence-electron chi connectivity index (χ0n) is 10.0. The first-order chi connectivity index (χ1) is 7.17. The second-order valence-electron chi connectivity index (χ2n) is 3.98. The first-order valence-electron chi connectivity index (χ1n) is 5.53. The summed E-state index contributed by atoms with van der Waals surface area (Å²) in [5, 5.41) is 4.53. The molecule has 0 fully saturated rings. The summed E-state index contributed by atoms with van der Waals surface area (Å²) >= 11 is 1.71. The van der Waals surface area contributed by atoms with Crippen molar-refractivity contribution in [1.29, 1.82) is 0 Å². The van der Waals surface area contributed by atoms with Crippen molar-refractivity contribution in [3.8, 4) is 5.06 Å². The average Bonchev–Trinajstić information content (AvgIpc) is 2.72. The van der Waals surface area contributed by atoms with Crippen LogP contribution in [0.2, 0.25) is 0 Å². The molecule has 0 aromatic carbocycles. The Kier molecular flexibility index (Phi) is 5.12. The number of thiophene rings is 1. The molecule has 0 radical (unpaired) electrons. The molecule has 0 saturated heterocycles. The zero-order chi connectivity index (χ0) is 11.3. The largest absolute Gasteiger partial charge is 0.487 e. The minimum Gasteiger partial charge on any atom is -0.487 e. The second kappa shape index (κ2) is 6.13. The van der Waals surface area contributed by atoms with Crippen LogP contribution in [0.3, 0.4) is 0 Å². The first-order valence-corrected chi connectivity index (χ1v) is 6.35. The Bertz CT molecular complexity index is 285. The summed E-state index contributed by atoms with van der Waals surface area (Å²) in [5.74, 6) is 0.729. The maximum absolute atomic E-state index is 5.16. The summed E-state index contributed by atoms with van der Waals surface area (Å²) in [5.41, 5.74) is 0. The third-order valence-corrected chi connectivity index (χ3v) is 3.98. The standard InChI is InChI=1S/C12H21NOS/c1-5-9(2)10(3)13-8-11-6-7-12(14-4)15-11/h6-7,9-10,13H,5,8H2,1-4H3. The van der Waals surface area contributed by atoms with Crippen molar-refractivity contribution in [3.05, 3.63) is 17.0 Å². The van der Waals surface area contributed by atoms with Crippen LogP contribution in [0.15, 0.2) is 12.1 Å². The lowest BCUT2D eigenvalue weighted by Gasteiger charge is -2.19. The van der Waals surface area contributed by atoms with Gasteiger partial charge in [0.15, 0.2) is 5.06 Å². The summed E-state index contributed by atoms with van der Waals surface area (Å²) < 4.78 is 5.16. The summed E-state index contributed by atoms with van der Waals surface area (Å²) in [6, 6.07) is 4.72. The molecule has 0 aliphatic rings. The molecule has 2 unspecified atom stereocenters. The molecule has 0 amide bonds. The van der Waals surface area contributed by atoms with E-state index in [-0.39, 0.29) is 0 Å². The van der Waals surface area contributed by atoms with Gasteiger partial charge in [-0.1, -0.05) is 20.3 Å². The summed E-state index contributed by atoms with van der Waals surface area (Å²) in [4.78, 5) is 1.34. The van der Waals surface area contributed by atoms with E-state index in [4.69, 9.17) is 4.74 Å². The van der Waals surface area contributed by atoms with Crippen molar-refractivity contribution in [3.63, 3.8) is 0 Å². The molecule has 2 atom stereocenters. The minimum atomic E-state index is 0.572. The monoisotopic (exact) mass is 227 g/mol. The highest BCUT2D eigenvalue weighted by molar-refractivity contribution is 7.13. The lowest BCUT2D eigenvalue weighted by atomic mass is 10.0. The Balaban J connectivity index is 2.36. The molecule has 0 aliphatic heterocycles. The number of hydrogen-bond donors (Lipinski definition) is 1. The number of nitrogens with one attached hydrogen (secondary N) is 1. The number of ether oxygens (including phenoxy) is 1. The van der Waals surface area contributed by atoms with Crippen molar-refractivity contribution in [2.24, 2.45) is 5.92 Å². The highest BCUT2D eigenvalue weighted by Gasteiger charge is 2.09. The molecule has 15 heavy (non-hydrogen) atoms. The van der Waals surface area contributed by atoms with Gasteiger partial charge in [0.1, 0.15) is 0 Å². The zero-order valence-corrected chi connectivity index (χ0v) is 10.9. The van der Waals surface area contributed by atoms with Gasteiger partial charge >= 0.3 is 0 Å². The number of methoxy groups -OCH3 is 1. The predicted molar refractivity (Wildman–Crippen MR) is 66.6 cm³/mol. The smallest absolute Gasteiger partial charge is 0.173 e. The van der Waals surface area contributed by atoms with Crippen LogP contribution in [0.1, 0.15) is 32.1 Å². The van der Waals surface area contributed by atoms with Crippen molar-refractivity contribution in [2.45, 2.75) is 39.8 Å². The highest BCUT2D eigenvalue weighted by atomic mass is 32.1. The molecular weight excluding hydrogens is 206 g/mol. The molecule has 1 rings (SSSR count). The van der Waals surface area contributed by atoms with E-state index in [9.17, 15) is 0 Å². The van der Waals surface area contributed by atoms with E-state index in [1.54, 1.807) is 18.4 Å². The minimum absolute atomic E-state index is 0.572. The van der Waals surface area contributed by atoms with Crippen LogP contribution in [0.25, 0.3) is 0 Å².